The van der Waals surface area contributed by atoms with Crippen LogP contribution in [0.5, 0.6) is 17.2 Å². The summed E-state index contributed by atoms with van der Waals surface area (Å²) >= 11 is 3.43. The average Bonchev–Trinajstić information content (AvgIpc) is 2.56. The largest absolute Gasteiger partial charge is 0.493 e. The molecule has 128 valence electrons. The number of benzene rings is 2. The summed E-state index contributed by atoms with van der Waals surface area (Å²) in [5, 5.41) is 2.84. The average molecular weight is 394 g/mol. The lowest BCUT2D eigenvalue weighted by Crippen LogP contribution is -2.12. The molecule has 5 nitrogen and oxygen atoms in total. The number of carbonyl (C=O) groups excluding carboxylic acids is 1. The Bertz CT molecular complexity index is 731. The van der Waals surface area contributed by atoms with Gasteiger partial charge in [-0.05, 0) is 60.1 Å². The molecule has 0 aliphatic rings. The van der Waals surface area contributed by atoms with Crippen LogP contribution in [0.4, 0.5) is 5.69 Å². The van der Waals surface area contributed by atoms with Crippen LogP contribution >= 0.6 is 15.9 Å². The van der Waals surface area contributed by atoms with Gasteiger partial charge in [0.15, 0.2) is 11.5 Å². The van der Waals surface area contributed by atoms with Crippen molar-refractivity contribution in [2.45, 2.75) is 20.0 Å². The molecule has 1 amide bonds. The first-order chi connectivity index (χ1) is 11.4. The first-order valence-electron chi connectivity index (χ1n) is 7.44. The van der Waals surface area contributed by atoms with Crippen LogP contribution in [0.2, 0.25) is 0 Å². The second-order valence-electron chi connectivity index (χ2n) is 5.34. The van der Waals surface area contributed by atoms with Crippen molar-refractivity contribution in [2.24, 2.45) is 0 Å². The number of methoxy groups -OCH3 is 2. The Labute approximate surface area is 150 Å². The topological polar surface area (TPSA) is 56.8 Å². The van der Waals surface area contributed by atoms with Crippen molar-refractivity contribution in [1.82, 2.24) is 0 Å². The summed E-state index contributed by atoms with van der Waals surface area (Å²) < 4.78 is 16.8. The SMILES string of the molecule is COc1ccc(NC(=O)c2ccc(OC(C)C)c(Br)c2)cc1OC. The number of hydrogen-bond acceptors (Lipinski definition) is 4. The lowest BCUT2D eigenvalue weighted by molar-refractivity contribution is 0.102. The number of rotatable bonds is 6. The van der Waals surface area contributed by atoms with Gasteiger partial charge < -0.3 is 19.5 Å². The van der Waals surface area contributed by atoms with E-state index >= 15 is 0 Å². The van der Waals surface area contributed by atoms with Gasteiger partial charge in [-0.25, -0.2) is 0 Å². The van der Waals surface area contributed by atoms with Crippen molar-refractivity contribution in [3.63, 3.8) is 0 Å². The fraction of sp³-hybridized carbons (Fsp3) is 0.278. The minimum Gasteiger partial charge on any atom is -0.493 e. The van der Waals surface area contributed by atoms with Crippen LogP contribution in [0.25, 0.3) is 0 Å². The Kier molecular flexibility index (Phi) is 6.09. The van der Waals surface area contributed by atoms with E-state index in [-0.39, 0.29) is 12.0 Å². The molecular formula is C18H20BrNO4. The van der Waals surface area contributed by atoms with Gasteiger partial charge in [0.1, 0.15) is 5.75 Å². The summed E-state index contributed by atoms with van der Waals surface area (Å²) in [5.74, 6) is 1.64. The van der Waals surface area contributed by atoms with Gasteiger partial charge in [0.2, 0.25) is 0 Å². The highest BCUT2D eigenvalue weighted by molar-refractivity contribution is 9.10. The fourth-order valence-electron chi connectivity index (χ4n) is 2.11. The standard InChI is InChI=1S/C18H20BrNO4/c1-11(2)24-15-7-5-12(9-14(15)19)18(21)20-13-6-8-16(22-3)17(10-13)23-4/h5-11H,1-4H3,(H,20,21). The van der Waals surface area contributed by atoms with Crippen molar-refractivity contribution in [3.8, 4) is 17.2 Å². The van der Waals surface area contributed by atoms with Crippen molar-refractivity contribution >= 4 is 27.5 Å². The Morgan fingerprint density at radius 2 is 1.67 bits per heavy atom. The van der Waals surface area contributed by atoms with E-state index in [1.807, 2.05) is 13.8 Å². The summed E-state index contributed by atoms with van der Waals surface area (Å²) in [4.78, 5) is 12.4. The van der Waals surface area contributed by atoms with E-state index in [2.05, 4.69) is 21.2 Å². The highest BCUT2D eigenvalue weighted by Crippen LogP contribution is 2.31. The summed E-state index contributed by atoms with van der Waals surface area (Å²) in [6, 6.07) is 10.4. The summed E-state index contributed by atoms with van der Waals surface area (Å²) in [6.45, 7) is 3.90. The van der Waals surface area contributed by atoms with E-state index in [4.69, 9.17) is 14.2 Å². The quantitative estimate of drug-likeness (QED) is 0.784. The summed E-state index contributed by atoms with van der Waals surface area (Å²) in [5.41, 5.74) is 1.14. The molecule has 0 saturated carbocycles. The zero-order valence-electron chi connectivity index (χ0n) is 14.1. The van der Waals surface area contributed by atoms with Gasteiger partial charge in [0, 0.05) is 17.3 Å². The predicted octanol–water partition coefficient (Wildman–Crippen LogP) is 4.51. The number of halogens is 1. The molecule has 0 atom stereocenters. The molecule has 0 unspecified atom stereocenters. The molecule has 2 aromatic rings. The second kappa shape index (κ2) is 8.06. The monoisotopic (exact) mass is 393 g/mol. The van der Waals surface area contributed by atoms with Crippen molar-refractivity contribution < 1.29 is 19.0 Å². The normalized spacial score (nSPS) is 10.4. The van der Waals surface area contributed by atoms with E-state index in [1.54, 1.807) is 50.6 Å². The molecule has 0 bridgehead atoms. The van der Waals surface area contributed by atoms with Crippen LogP contribution < -0.4 is 19.5 Å². The van der Waals surface area contributed by atoms with E-state index in [0.29, 0.717) is 28.5 Å². The van der Waals surface area contributed by atoms with Gasteiger partial charge in [-0.1, -0.05) is 0 Å². The molecule has 0 aliphatic heterocycles. The van der Waals surface area contributed by atoms with E-state index < -0.39 is 0 Å². The smallest absolute Gasteiger partial charge is 0.255 e. The van der Waals surface area contributed by atoms with Crippen molar-refractivity contribution in [1.29, 1.82) is 0 Å². The molecule has 0 saturated heterocycles. The Balaban J connectivity index is 2.16. The molecule has 2 rings (SSSR count). The molecule has 0 heterocycles. The van der Waals surface area contributed by atoms with Crippen LogP contribution in [0.15, 0.2) is 40.9 Å². The molecule has 0 aromatic heterocycles. The maximum absolute atomic E-state index is 12.4. The Morgan fingerprint density at radius 1 is 1.00 bits per heavy atom. The Morgan fingerprint density at radius 3 is 2.25 bits per heavy atom. The van der Waals surface area contributed by atoms with Gasteiger partial charge in [0.25, 0.3) is 5.91 Å². The van der Waals surface area contributed by atoms with Gasteiger partial charge >= 0.3 is 0 Å². The lowest BCUT2D eigenvalue weighted by Gasteiger charge is -2.13. The van der Waals surface area contributed by atoms with Crippen molar-refractivity contribution in [2.75, 3.05) is 19.5 Å². The van der Waals surface area contributed by atoms with Crippen LogP contribution in [-0.2, 0) is 0 Å². The minimum absolute atomic E-state index is 0.0627. The summed E-state index contributed by atoms with van der Waals surface area (Å²) in [6.07, 6.45) is 0.0627. The molecular weight excluding hydrogens is 374 g/mol. The molecule has 0 aliphatic carbocycles. The maximum atomic E-state index is 12.4. The molecule has 0 spiro atoms. The highest BCUT2D eigenvalue weighted by atomic mass is 79.9. The van der Waals surface area contributed by atoms with E-state index in [9.17, 15) is 4.79 Å². The molecule has 1 N–H and O–H groups in total. The number of carbonyl (C=O) groups is 1. The first-order valence-corrected chi connectivity index (χ1v) is 8.23. The van der Waals surface area contributed by atoms with E-state index in [0.717, 1.165) is 4.47 Å². The predicted molar refractivity (Wildman–Crippen MR) is 97.4 cm³/mol. The first kappa shape index (κ1) is 18.1. The van der Waals surface area contributed by atoms with Crippen LogP contribution in [0.1, 0.15) is 24.2 Å². The maximum Gasteiger partial charge on any atom is 0.255 e. The lowest BCUT2D eigenvalue weighted by atomic mass is 10.2. The van der Waals surface area contributed by atoms with Gasteiger partial charge in [-0.15, -0.1) is 0 Å². The van der Waals surface area contributed by atoms with Crippen LogP contribution in [0, 0.1) is 0 Å². The Hall–Kier alpha value is -2.21. The number of anilines is 1. The van der Waals surface area contributed by atoms with Gasteiger partial charge in [-0.3, -0.25) is 4.79 Å². The molecule has 0 radical (unpaired) electrons. The third-order valence-electron chi connectivity index (χ3n) is 3.20. The van der Waals surface area contributed by atoms with Gasteiger partial charge in [0.05, 0.1) is 24.8 Å². The molecule has 24 heavy (non-hydrogen) atoms. The molecule has 0 fully saturated rings. The van der Waals surface area contributed by atoms with E-state index in [1.165, 1.54) is 0 Å². The third-order valence-corrected chi connectivity index (χ3v) is 3.82. The van der Waals surface area contributed by atoms with Crippen molar-refractivity contribution in [3.05, 3.63) is 46.4 Å². The molecule has 2 aromatic carbocycles. The highest BCUT2D eigenvalue weighted by Gasteiger charge is 2.12. The second-order valence-corrected chi connectivity index (χ2v) is 6.19. The summed E-state index contributed by atoms with van der Waals surface area (Å²) in [7, 11) is 3.11. The number of amides is 1. The van der Waals surface area contributed by atoms with Crippen LogP contribution in [-0.4, -0.2) is 26.2 Å². The number of hydrogen-bond donors (Lipinski definition) is 1. The minimum atomic E-state index is -0.223. The number of nitrogens with one attached hydrogen (secondary N) is 1. The fourth-order valence-corrected chi connectivity index (χ4v) is 2.58. The van der Waals surface area contributed by atoms with Gasteiger partial charge in [-0.2, -0.15) is 0 Å². The molecule has 6 heteroatoms. The zero-order chi connectivity index (χ0) is 17.7. The number of ether oxygens (including phenoxy) is 3. The van der Waals surface area contributed by atoms with Crippen LogP contribution in [0.3, 0.4) is 0 Å². The third kappa shape index (κ3) is 4.41. The zero-order valence-corrected chi connectivity index (χ0v) is 15.6.